The largest absolute Gasteiger partial charge is 0.355 e. The third-order valence-corrected chi connectivity index (χ3v) is 13.5. The monoisotopic (exact) mass is 692 g/mol. The molecule has 2 heterocycles. The zero-order chi connectivity index (χ0) is 36.1. The lowest BCUT2D eigenvalue weighted by Gasteiger charge is -2.32. The van der Waals surface area contributed by atoms with Crippen LogP contribution in [0.3, 0.4) is 0 Å². The second kappa shape index (κ2) is 10.3. The van der Waals surface area contributed by atoms with E-state index >= 15 is 0 Å². The molecule has 0 unspecified atom stereocenters. The summed E-state index contributed by atoms with van der Waals surface area (Å²) in [6.07, 6.45) is 4.47. The summed E-state index contributed by atoms with van der Waals surface area (Å²) >= 11 is 0. The third-order valence-electron chi connectivity index (χ3n) is 13.5. The quantitative estimate of drug-likeness (QED) is 0.188. The molecule has 258 valence electrons. The molecule has 0 aromatic heterocycles. The molecule has 0 saturated heterocycles. The van der Waals surface area contributed by atoms with Crippen molar-refractivity contribution in [3.05, 3.63) is 173 Å². The Morgan fingerprint density at radius 2 is 0.926 bits per heavy atom. The average molecular weight is 693 g/mol. The Labute approximate surface area is 316 Å². The number of benzene rings is 7. The molecule has 2 N–H and O–H groups in total. The lowest BCUT2D eigenvalue weighted by molar-refractivity contribution is 0.660. The van der Waals surface area contributed by atoms with Gasteiger partial charge in [0.15, 0.2) is 0 Å². The normalized spacial score (nSPS) is 17.0. The van der Waals surface area contributed by atoms with Crippen molar-refractivity contribution in [1.82, 2.24) is 0 Å². The molecular formula is C52H40N2. The van der Waals surface area contributed by atoms with Gasteiger partial charge in [-0.05, 0) is 133 Å². The second-order valence-corrected chi connectivity index (χ2v) is 17.0. The van der Waals surface area contributed by atoms with Gasteiger partial charge in [0.25, 0.3) is 0 Å². The highest BCUT2D eigenvalue weighted by Crippen LogP contribution is 2.54. The summed E-state index contributed by atoms with van der Waals surface area (Å²) in [6, 6.07) is 48.3. The van der Waals surface area contributed by atoms with Gasteiger partial charge in [-0.2, -0.15) is 0 Å². The minimum absolute atomic E-state index is 0.000112. The van der Waals surface area contributed by atoms with Crippen LogP contribution in [0.4, 0.5) is 17.1 Å². The molecule has 5 aliphatic rings. The van der Waals surface area contributed by atoms with Gasteiger partial charge in [0.1, 0.15) is 0 Å². The molecule has 0 saturated carbocycles. The van der Waals surface area contributed by atoms with Gasteiger partial charge in [-0.25, -0.2) is 0 Å². The maximum Gasteiger partial charge on any atom is 0.0472 e. The van der Waals surface area contributed by atoms with Crippen molar-refractivity contribution in [2.45, 2.75) is 51.4 Å². The molecule has 7 aromatic rings. The van der Waals surface area contributed by atoms with E-state index < -0.39 is 0 Å². The smallest absolute Gasteiger partial charge is 0.0472 e. The minimum atomic E-state index is -0.0194. The zero-order valence-corrected chi connectivity index (χ0v) is 31.1. The number of rotatable bonds is 2. The summed E-state index contributed by atoms with van der Waals surface area (Å²) < 4.78 is 0. The summed E-state index contributed by atoms with van der Waals surface area (Å²) in [5.74, 6) is 0. The van der Waals surface area contributed by atoms with Crippen molar-refractivity contribution in [2.24, 2.45) is 0 Å². The van der Waals surface area contributed by atoms with E-state index in [1.807, 2.05) is 0 Å². The molecule has 0 atom stereocenters. The van der Waals surface area contributed by atoms with Crippen LogP contribution in [0.2, 0.25) is 0 Å². The van der Waals surface area contributed by atoms with Crippen LogP contribution >= 0.6 is 0 Å². The van der Waals surface area contributed by atoms with Gasteiger partial charge in [-0.15, -0.1) is 0 Å². The number of fused-ring (bicyclic) bond motifs is 9. The van der Waals surface area contributed by atoms with Crippen LogP contribution in [0.15, 0.2) is 139 Å². The molecule has 0 fully saturated rings. The Morgan fingerprint density at radius 3 is 1.63 bits per heavy atom. The van der Waals surface area contributed by atoms with Gasteiger partial charge in [0, 0.05) is 49.9 Å². The Morgan fingerprint density at radius 1 is 0.407 bits per heavy atom. The van der Waals surface area contributed by atoms with E-state index in [1.54, 1.807) is 0 Å². The predicted molar refractivity (Wildman–Crippen MR) is 227 cm³/mol. The van der Waals surface area contributed by atoms with Gasteiger partial charge >= 0.3 is 0 Å². The Kier molecular flexibility index (Phi) is 5.79. The molecule has 3 aliphatic carbocycles. The number of anilines is 3. The van der Waals surface area contributed by atoms with Crippen LogP contribution in [0.25, 0.3) is 66.4 Å². The number of allylic oxidation sites excluding steroid dienone is 3. The van der Waals surface area contributed by atoms with Crippen LogP contribution in [0.1, 0.15) is 73.9 Å². The third kappa shape index (κ3) is 3.90. The highest BCUT2D eigenvalue weighted by Gasteiger charge is 2.37. The van der Waals surface area contributed by atoms with Crippen LogP contribution in [0, 0.1) is 0 Å². The molecule has 2 nitrogen and oxygen atoms in total. The summed E-state index contributed by atoms with van der Waals surface area (Å²) in [5, 5.41) is 10.4. The Hall–Kier alpha value is -6.12. The SMILES string of the molecule is CC1(C)c2ccccc2-c2ccc(C3=CC4=C(CC3)c3ccc5c6c(ccc(c36)N4)Nc3cc(-c4ccc6c(c4)C(C)(C)c4ccccc4-6)ccc3-5)cc21. The molecule has 2 aliphatic heterocycles. The van der Waals surface area contributed by atoms with Gasteiger partial charge < -0.3 is 10.6 Å². The molecule has 2 heteroatoms. The van der Waals surface area contributed by atoms with Gasteiger partial charge in [-0.1, -0.05) is 125 Å². The highest BCUT2D eigenvalue weighted by molar-refractivity contribution is 6.20. The molecule has 12 rings (SSSR count). The standard InChI is InChI=1S/C52H40N2/c1-51(2)41-11-7-5-9-33(41)35-17-13-29(25-43(35)51)31-15-19-37-39-21-22-40-38-20-16-32(28-48(38)54-46-24-23-45(49(39)50(40)46)53-47(37)27-31)30-14-18-36-34-10-6-8-12-42(34)52(3,4)44(36)26-30/h5-15,17-19,21-28,53-54H,16,20H2,1-4H3. The average Bonchev–Trinajstić information content (AvgIpc) is 3.58. The van der Waals surface area contributed by atoms with Crippen molar-refractivity contribution in [1.29, 1.82) is 0 Å². The lowest BCUT2D eigenvalue weighted by atomic mass is 9.79. The van der Waals surface area contributed by atoms with E-state index in [9.17, 15) is 0 Å². The summed E-state index contributed by atoms with van der Waals surface area (Å²) in [5.41, 5.74) is 26.5. The molecule has 54 heavy (non-hydrogen) atoms. The van der Waals surface area contributed by atoms with E-state index in [2.05, 4.69) is 172 Å². The van der Waals surface area contributed by atoms with Crippen molar-refractivity contribution >= 4 is 39.0 Å². The van der Waals surface area contributed by atoms with Crippen molar-refractivity contribution < 1.29 is 0 Å². The summed E-state index contributed by atoms with van der Waals surface area (Å²) in [6.45, 7) is 9.45. The molecule has 0 bridgehead atoms. The van der Waals surface area contributed by atoms with E-state index in [4.69, 9.17) is 0 Å². The number of nitrogens with one attached hydrogen (secondary N) is 2. The van der Waals surface area contributed by atoms with E-state index in [-0.39, 0.29) is 10.8 Å². The van der Waals surface area contributed by atoms with Gasteiger partial charge in [0.2, 0.25) is 0 Å². The fourth-order valence-corrected chi connectivity index (χ4v) is 10.7. The number of hydrogen-bond donors (Lipinski definition) is 2. The van der Waals surface area contributed by atoms with E-state index in [0.29, 0.717) is 0 Å². The van der Waals surface area contributed by atoms with Crippen molar-refractivity contribution in [3.8, 4) is 44.5 Å². The fourth-order valence-electron chi connectivity index (χ4n) is 10.7. The minimum Gasteiger partial charge on any atom is -0.355 e. The molecule has 7 aromatic carbocycles. The zero-order valence-electron chi connectivity index (χ0n) is 31.1. The van der Waals surface area contributed by atoms with Crippen LogP contribution in [-0.2, 0) is 10.8 Å². The first kappa shape index (κ1) is 30.4. The summed E-state index contributed by atoms with van der Waals surface area (Å²) in [4.78, 5) is 0. The summed E-state index contributed by atoms with van der Waals surface area (Å²) in [7, 11) is 0. The first-order valence-electron chi connectivity index (χ1n) is 19.5. The first-order valence-corrected chi connectivity index (χ1v) is 19.5. The Balaban J connectivity index is 0.909. The topological polar surface area (TPSA) is 24.1 Å². The highest BCUT2D eigenvalue weighted by atomic mass is 14.9. The maximum atomic E-state index is 3.91. The second-order valence-electron chi connectivity index (χ2n) is 17.0. The van der Waals surface area contributed by atoms with Crippen molar-refractivity contribution in [3.63, 3.8) is 0 Å². The van der Waals surface area contributed by atoms with Gasteiger partial charge in [0.05, 0.1) is 0 Å². The Bertz CT molecular complexity index is 2930. The molecule has 0 radical (unpaired) electrons. The lowest BCUT2D eigenvalue weighted by Crippen LogP contribution is -2.15. The molecule has 0 spiro atoms. The first-order chi connectivity index (χ1) is 26.3. The predicted octanol–water partition coefficient (Wildman–Crippen LogP) is 13.9. The van der Waals surface area contributed by atoms with Crippen LogP contribution in [-0.4, -0.2) is 0 Å². The number of hydrogen-bond acceptors (Lipinski definition) is 2. The van der Waals surface area contributed by atoms with Crippen LogP contribution < -0.4 is 10.6 Å². The van der Waals surface area contributed by atoms with Crippen LogP contribution in [0.5, 0.6) is 0 Å². The van der Waals surface area contributed by atoms with E-state index in [0.717, 1.165) is 12.8 Å². The fraction of sp³-hybridized carbons (Fsp3) is 0.154. The van der Waals surface area contributed by atoms with Gasteiger partial charge in [-0.3, -0.25) is 0 Å². The molecule has 0 amide bonds. The molecular weight excluding hydrogens is 653 g/mol. The maximum absolute atomic E-state index is 3.91. The van der Waals surface area contributed by atoms with Crippen molar-refractivity contribution in [2.75, 3.05) is 10.6 Å². The van der Waals surface area contributed by atoms with E-state index in [1.165, 1.54) is 123 Å².